The Bertz CT molecular complexity index is 552. The van der Waals surface area contributed by atoms with Gasteiger partial charge in [-0.2, -0.15) is 0 Å². The van der Waals surface area contributed by atoms with Crippen molar-refractivity contribution < 1.29 is 23.2 Å². The van der Waals surface area contributed by atoms with E-state index in [-0.39, 0.29) is 0 Å². The monoisotopic (exact) mass is 416 g/mol. The summed E-state index contributed by atoms with van der Waals surface area (Å²) in [6.45, 7) is 19.3. The van der Waals surface area contributed by atoms with Gasteiger partial charge in [0.05, 0.1) is 0 Å². The molecule has 0 unspecified atom stereocenters. The van der Waals surface area contributed by atoms with Crippen molar-refractivity contribution >= 4 is 0 Å². The molecule has 0 aliphatic heterocycles. The molecule has 0 bridgehead atoms. The first-order valence-electron chi connectivity index (χ1n) is 10.1. The Labute approximate surface area is 168 Å². The Morgan fingerprint density at radius 2 is 1.12 bits per heavy atom. The third kappa shape index (κ3) is 5.41. The molecule has 0 nitrogen and oxygen atoms in total. The average molecular weight is 418 g/mol. The molecule has 0 N–H and O–H groups in total. The Balaban J connectivity index is 2.28. The van der Waals surface area contributed by atoms with Gasteiger partial charge in [-0.1, -0.05) is 0 Å². The van der Waals surface area contributed by atoms with Crippen molar-refractivity contribution in [1.29, 1.82) is 0 Å². The zero-order valence-corrected chi connectivity index (χ0v) is 20.3. The van der Waals surface area contributed by atoms with Crippen LogP contribution in [0, 0.1) is 22.7 Å². The number of hydrogen-bond acceptors (Lipinski definition) is 0. The van der Waals surface area contributed by atoms with Crippen LogP contribution in [-0.4, -0.2) is 0 Å². The van der Waals surface area contributed by atoms with Crippen LogP contribution in [0.1, 0.15) is 81.1 Å². The van der Waals surface area contributed by atoms with Crippen LogP contribution in [-0.2, 0) is 23.2 Å². The van der Waals surface area contributed by atoms with Crippen LogP contribution in [0.3, 0.4) is 0 Å². The van der Waals surface area contributed by atoms with Gasteiger partial charge in [0.2, 0.25) is 0 Å². The SMILES string of the molecule is CC(C)CC(C)(C)C1=[C]([Zr][C]2=C(C(C)(C)CC(C)C)C=CC2)CC=C1. The molecular formula is C24H38Zr. The van der Waals surface area contributed by atoms with Crippen LogP contribution in [0.15, 0.2) is 42.0 Å². The molecule has 0 saturated carbocycles. The zero-order chi connectivity index (χ0) is 18.8. The minimum atomic E-state index is -0.659. The van der Waals surface area contributed by atoms with Gasteiger partial charge in [0, 0.05) is 0 Å². The minimum absolute atomic E-state index is 0.331. The molecule has 0 radical (unpaired) electrons. The van der Waals surface area contributed by atoms with Gasteiger partial charge >= 0.3 is 169 Å². The van der Waals surface area contributed by atoms with Crippen molar-refractivity contribution in [2.75, 3.05) is 0 Å². The Hall–Kier alpha value is -0.157. The summed E-state index contributed by atoms with van der Waals surface area (Å²) >= 11 is -0.659. The van der Waals surface area contributed by atoms with E-state index in [0.29, 0.717) is 10.8 Å². The molecular weight excluding hydrogens is 379 g/mol. The topological polar surface area (TPSA) is 0 Å². The van der Waals surface area contributed by atoms with Crippen molar-refractivity contribution in [3.05, 3.63) is 42.0 Å². The van der Waals surface area contributed by atoms with Crippen LogP contribution in [0.4, 0.5) is 0 Å². The normalized spacial score (nSPS) is 18.5. The van der Waals surface area contributed by atoms with E-state index in [1.165, 1.54) is 25.7 Å². The molecule has 0 aromatic rings. The summed E-state index contributed by atoms with van der Waals surface area (Å²) in [5.74, 6) is 1.52. The first-order chi connectivity index (χ1) is 11.5. The Morgan fingerprint density at radius 1 is 0.760 bits per heavy atom. The van der Waals surface area contributed by atoms with Crippen LogP contribution >= 0.6 is 0 Å². The number of hydrogen-bond donors (Lipinski definition) is 0. The van der Waals surface area contributed by atoms with Gasteiger partial charge in [-0.3, -0.25) is 0 Å². The van der Waals surface area contributed by atoms with E-state index in [0.717, 1.165) is 11.8 Å². The fraction of sp³-hybridized carbons (Fsp3) is 0.667. The fourth-order valence-electron chi connectivity index (χ4n) is 4.96. The van der Waals surface area contributed by atoms with E-state index in [1.807, 2.05) is 6.56 Å². The van der Waals surface area contributed by atoms with Gasteiger partial charge in [-0.25, -0.2) is 0 Å². The van der Waals surface area contributed by atoms with E-state index >= 15 is 0 Å². The second kappa shape index (κ2) is 8.25. The van der Waals surface area contributed by atoms with Crippen molar-refractivity contribution in [1.82, 2.24) is 0 Å². The van der Waals surface area contributed by atoms with Crippen LogP contribution in [0.2, 0.25) is 0 Å². The van der Waals surface area contributed by atoms with Gasteiger partial charge in [0.15, 0.2) is 0 Å². The summed E-state index contributed by atoms with van der Waals surface area (Å²) in [5.41, 5.74) is 4.04. The van der Waals surface area contributed by atoms with Gasteiger partial charge < -0.3 is 0 Å². The zero-order valence-electron chi connectivity index (χ0n) is 17.8. The van der Waals surface area contributed by atoms with Gasteiger partial charge in [0.25, 0.3) is 0 Å². The maximum atomic E-state index is 2.46. The molecule has 2 aliphatic rings. The first-order valence-corrected chi connectivity index (χ1v) is 12.6. The predicted molar refractivity (Wildman–Crippen MR) is 108 cm³/mol. The molecule has 0 atom stereocenters. The van der Waals surface area contributed by atoms with E-state index in [2.05, 4.69) is 79.7 Å². The van der Waals surface area contributed by atoms with Gasteiger partial charge in [-0.05, 0) is 0 Å². The Morgan fingerprint density at radius 3 is 1.44 bits per heavy atom. The van der Waals surface area contributed by atoms with E-state index in [4.69, 9.17) is 0 Å². The van der Waals surface area contributed by atoms with Crippen LogP contribution in [0.5, 0.6) is 0 Å². The van der Waals surface area contributed by atoms with Crippen molar-refractivity contribution in [3.63, 3.8) is 0 Å². The molecule has 2 aliphatic carbocycles. The van der Waals surface area contributed by atoms with Crippen LogP contribution < -0.4 is 0 Å². The van der Waals surface area contributed by atoms with Gasteiger partial charge in [-0.15, -0.1) is 0 Å². The van der Waals surface area contributed by atoms with E-state index in [1.54, 1.807) is 11.1 Å². The molecule has 2 rings (SSSR count). The molecule has 0 fully saturated rings. The summed E-state index contributed by atoms with van der Waals surface area (Å²) in [4.78, 5) is 0. The first kappa shape index (κ1) is 21.1. The molecule has 0 heterocycles. The molecule has 0 aromatic carbocycles. The van der Waals surface area contributed by atoms with Crippen molar-refractivity contribution in [2.24, 2.45) is 22.7 Å². The average Bonchev–Trinajstić information content (AvgIpc) is 3.05. The molecule has 0 spiro atoms. The summed E-state index contributed by atoms with van der Waals surface area (Å²) in [6.07, 6.45) is 14.8. The fourth-order valence-corrected chi connectivity index (χ4v) is 9.67. The summed E-state index contributed by atoms with van der Waals surface area (Å²) < 4.78 is 3.68. The summed E-state index contributed by atoms with van der Waals surface area (Å²) in [5, 5.41) is 0. The van der Waals surface area contributed by atoms with E-state index in [9.17, 15) is 0 Å². The van der Waals surface area contributed by atoms with E-state index < -0.39 is 23.2 Å². The number of rotatable bonds is 8. The standard InChI is InChI=1S/2C12H19.Zr/c2*1-10(2)9-12(3,4)11-7-5-6-8-11;/h2*5,7,10H,6,9H2,1-4H3;. The molecule has 25 heavy (non-hydrogen) atoms. The Kier molecular flexibility index (Phi) is 6.98. The molecule has 0 amide bonds. The van der Waals surface area contributed by atoms with Crippen LogP contribution in [0.25, 0.3) is 0 Å². The van der Waals surface area contributed by atoms with Gasteiger partial charge in [0.1, 0.15) is 0 Å². The molecule has 0 aromatic heterocycles. The second-order valence-electron chi connectivity index (χ2n) is 10.1. The van der Waals surface area contributed by atoms with Crippen molar-refractivity contribution in [2.45, 2.75) is 81.1 Å². The molecule has 138 valence electrons. The predicted octanol–water partition coefficient (Wildman–Crippen LogP) is 7.64. The second-order valence-corrected chi connectivity index (χ2v) is 13.7. The molecule has 1 heteroatoms. The third-order valence-electron chi connectivity index (χ3n) is 5.46. The number of allylic oxidation sites excluding steroid dienone is 8. The summed E-state index contributed by atoms with van der Waals surface area (Å²) in [6, 6.07) is 0. The maximum absolute atomic E-state index is 2.46. The third-order valence-corrected chi connectivity index (χ3v) is 9.27. The quantitative estimate of drug-likeness (QED) is 0.380. The summed E-state index contributed by atoms with van der Waals surface area (Å²) in [7, 11) is 0. The molecule has 0 saturated heterocycles. The van der Waals surface area contributed by atoms with Crippen molar-refractivity contribution in [3.8, 4) is 0 Å².